The number of esters is 1. The van der Waals surface area contributed by atoms with Crippen LogP contribution in [0.4, 0.5) is 0 Å². The molecule has 2 nitrogen and oxygen atoms in total. The maximum absolute atomic E-state index is 12.7. The molecule has 0 N–H and O–H groups in total. The van der Waals surface area contributed by atoms with Crippen molar-refractivity contribution >= 4 is 49.6 Å². The Balaban J connectivity index is 1.51. The van der Waals surface area contributed by atoms with E-state index in [1.807, 2.05) is 0 Å². The van der Waals surface area contributed by atoms with Gasteiger partial charge < -0.3 is 4.74 Å². The van der Waals surface area contributed by atoms with E-state index in [-0.39, 0.29) is 12.1 Å². The zero-order valence-electron chi connectivity index (χ0n) is 17.9. The number of halogens is 1. The SMILES string of the molecule is CCCCCCCc1cc2sc(C(=O)OC3CCC(CCCC)CC3)c(Cl)c2s1. The normalized spacial score (nSPS) is 19.7. The minimum Gasteiger partial charge on any atom is -0.458 e. The third-order valence-electron chi connectivity index (χ3n) is 6.11. The molecule has 0 radical (unpaired) electrons. The molecule has 0 aromatic carbocycles. The standard InChI is InChI=1S/C24H35ClO2S2/c1-3-5-7-8-9-11-19-16-20-22(28-19)21(25)23(29-20)24(26)27-18-14-12-17(13-15-18)10-6-4-2/h16-18H,3-15H2,1-2H3. The molecule has 2 aromatic rings. The number of hydrogen-bond acceptors (Lipinski definition) is 4. The number of thiophene rings is 2. The zero-order chi connectivity index (χ0) is 20.6. The van der Waals surface area contributed by atoms with Crippen molar-refractivity contribution in [3.63, 3.8) is 0 Å². The minimum atomic E-state index is -0.221. The van der Waals surface area contributed by atoms with Crippen molar-refractivity contribution in [1.29, 1.82) is 0 Å². The zero-order valence-corrected chi connectivity index (χ0v) is 20.3. The molecule has 2 heterocycles. The summed E-state index contributed by atoms with van der Waals surface area (Å²) in [6, 6.07) is 2.23. The van der Waals surface area contributed by atoms with E-state index in [0.717, 1.165) is 34.6 Å². The van der Waals surface area contributed by atoms with Crippen LogP contribution >= 0.6 is 34.3 Å². The second-order valence-electron chi connectivity index (χ2n) is 8.51. The van der Waals surface area contributed by atoms with Crippen LogP contribution in [-0.2, 0) is 11.2 Å². The third-order valence-corrected chi connectivity index (χ3v) is 9.17. The van der Waals surface area contributed by atoms with Crippen LogP contribution < -0.4 is 0 Å². The van der Waals surface area contributed by atoms with Gasteiger partial charge in [-0.1, -0.05) is 70.4 Å². The maximum atomic E-state index is 12.7. The van der Waals surface area contributed by atoms with E-state index in [1.54, 1.807) is 11.3 Å². The lowest BCUT2D eigenvalue weighted by Gasteiger charge is -2.28. The molecule has 1 fully saturated rings. The Hall–Kier alpha value is -0.580. The molecule has 0 saturated heterocycles. The van der Waals surface area contributed by atoms with Gasteiger partial charge in [-0.2, -0.15) is 0 Å². The van der Waals surface area contributed by atoms with Crippen molar-refractivity contribution in [2.75, 3.05) is 0 Å². The summed E-state index contributed by atoms with van der Waals surface area (Å²) < 4.78 is 8.04. The summed E-state index contributed by atoms with van der Waals surface area (Å²) in [6.07, 6.45) is 15.9. The smallest absolute Gasteiger partial charge is 0.350 e. The lowest BCUT2D eigenvalue weighted by molar-refractivity contribution is 0.0167. The molecule has 2 aromatic heterocycles. The third kappa shape index (κ3) is 6.45. The lowest BCUT2D eigenvalue weighted by atomic mass is 9.84. The molecule has 0 aliphatic heterocycles. The average molecular weight is 455 g/mol. The molecule has 5 heteroatoms. The summed E-state index contributed by atoms with van der Waals surface area (Å²) in [5, 5.41) is 0.605. The van der Waals surface area contributed by atoms with Crippen LogP contribution in [0.5, 0.6) is 0 Å². The molecule has 0 unspecified atom stereocenters. The highest BCUT2D eigenvalue weighted by atomic mass is 35.5. The van der Waals surface area contributed by atoms with E-state index >= 15 is 0 Å². The fraction of sp³-hybridized carbons (Fsp3) is 0.708. The quantitative estimate of drug-likeness (QED) is 0.250. The van der Waals surface area contributed by atoms with Crippen LogP contribution in [-0.4, -0.2) is 12.1 Å². The van der Waals surface area contributed by atoms with E-state index in [4.69, 9.17) is 16.3 Å². The van der Waals surface area contributed by atoms with Gasteiger partial charge in [-0.3, -0.25) is 0 Å². The number of unbranched alkanes of at least 4 members (excludes halogenated alkanes) is 5. The molecular formula is C24H35ClO2S2. The van der Waals surface area contributed by atoms with Gasteiger partial charge in [0.05, 0.1) is 9.72 Å². The first kappa shape index (κ1) is 23.1. The molecule has 0 bridgehead atoms. The first-order valence-corrected chi connectivity index (χ1v) is 13.5. The van der Waals surface area contributed by atoms with Crippen molar-refractivity contribution in [3.05, 3.63) is 20.8 Å². The molecule has 29 heavy (non-hydrogen) atoms. The molecule has 1 saturated carbocycles. The average Bonchev–Trinajstić information content (AvgIpc) is 3.26. The topological polar surface area (TPSA) is 26.3 Å². The highest BCUT2D eigenvalue weighted by molar-refractivity contribution is 7.29. The molecule has 1 aliphatic rings. The Morgan fingerprint density at radius 2 is 1.76 bits per heavy atom. The second-order valence-corrected chi connectivity index (χ2v) is 11.1. The highest BCUT2D eigenvalue weighted by Crippen LogP contribution is 2.42. The van der Waals surface area contributed by atoms with Gasteiger partial charge in [0, 0.05) is 9.58 Å². The summed E-state index contributed by atoms with van der Waals surface area (Å²) in [4.78, 5) is 14.7. The van der Waals surface area contributed by atoms with Crippen molar-refractivity contribution in [3.8, 4) is 0 Å². The molecule has 1 aliphatic carbocycles. The molecule has 3 rings (SSSR count). The lowest BCUT2D eigenvalue weighted by Crippen LogP contribution is -2.24. The van der Waals surface area contributed by atoms with Gasteiger partial charge in [-0.25, -0.2) is 4.79 Å². The Kier molecular flexibility index (Phi) is 9.33. The Morgan fingerprint density at radius 3 is 2.45 bits per heavy atom. The van der Waals surface area contributed by atoms with E-state index in [9.17, 15) is 4.79 Å². The number of hydrogen-bond donors (Lipinski definition) is 0. The van der Waals surface area contributed by atoms with Gasteiger partial charge in [-0.05, 0) is 50.5 Å². The first-order valence-electron chi connectivity index (χ1n) is 11.5. The van der Waals surface area contributed by atoms with Gasteiger partial charge >= 0.3 is 5.97 Å². The number of carbonyl (C=O) groups excluding carboxylic acids is 1. The van der Waals surface area contributed by atoms with Crippen molar-refractivity contribution < 1.29 is 9.53 Å². The largest absolute Gasteiger partial charge is 0.458 e. The van der Waals surface area contributed by atoms with Crippen LogP contribution in [0.3, 0.4) is 0 Å². The fourth-order valence-electron chi connectivity index (χ4n) is 4.30. The van der Waals surface area contributed by atoms with Crippen LogP contribution in [0, 0.1) is 5.92 Å². The Morgan fingerprint density at radius 1 is 1.03 bits per heavy atom. The monoisotopic (exact) mass is 454 g/mol. The molecule has 0 spiro atoms. The minimum absolute atomic E-state index is 0.0651. The van der Waals surface area contributed by atoms with Crippen molar-refractivity contribution in [1.82, 2.24) is 0 Å². The Labute approximate surface area is 189 Å². The van der Waals surface area contributed by atoms with Gasteiger partial charge in [0.1, 0.15) is 11.0 Å². The molecule has 0 atom stereocenters. The number of carbonyl (C=O) groups is 1. The highest BCUT2D eigenvalue weighted by Gasteiger charge is 2.27. The first-order chi connectivity index (χ1) is 14.1. The van der Waals surface area contributed by atoms with Gasteiger partial charge in [0.2, 0.25) is 0 Å². The predicted octanol–water partition coefficient (Wildman–Crippen LogP) is 9.03. The molecule has 0 amide bonds. The van der Waals surface area contributed by atoms with E-state index in [0.29, 0.717) is 9.90 Å². The summed E-state index contributed by atoms with van der Waals surface area (Å²) in [5.74, 6) is 0.600. The number of fused-ring (bicyclic) bond motifs is 1. The summed E-state index contributed by atoms with van der Waals surface area (Å²) >= 11 is 9.84. The van der Waals surface area contributed by atoms with Crippen LogP contribution in [0.25, 0.3) is 9.40 Å². The Bertz CT molecular complexity index is 771. The van der Waals surface area contributed by atoms with Gasteiger partial charge in [0.15, 0.2) is 0 Å². The van der Waals surface area contributed by atoms with E-state index in [2.05, 4.69) is 19.9 Å². The fourth-order valence-corrected chi connectivity index (χ4v) is 7.13. The summed E-state index contributed by atoms with van der Waals surface area (Å²) in [6.45, 7) is 4.50. The molecular weight excluding hydrogens is 420 g/mol. The summed E-state index contributed by atoms with van der Waals surface area (Å²) in [5.41, 5.74) is 0. The van der Waals surface area contributed by atoms with Gasteiger partial charge in [-0.15, -0.1) is 22.7 Å². The van der Waals surface area contributed by atoms with Crippen LogP contribution in [0.2, 0.25) is 5.02 Å². The van der Waals surface area contributed by atoms with E-state index < -0.39 is 0 Å². The van der Waals surface area contributed by atoms with Crippen LogP contribution in [0.15, 0.2) is 6.07 Å². The summed E-state index contributed by atoms with van der Waals surface area (Å²) in [7, 11) is 0. The van der Waals surface area contributed by atoms with Crippen LogP contribution in [0.1, 0.15) is 105 Å². The number of rotatable bonds is 11. The number of aryl methyl sites for hydroxylation is 1. The molecule has 162 valence electrons. The second kappa shape index (κ2) is 11.7. The van der Waals surface area contributed by atoms with Crippen molar-refractivity contribution in [2.45, 2.75) is 103 Å². The van der Waals surface area contributed by atoms with Crippen molar-refractivity contribution in [2.24, 2.45) is 5.92 Å². The van der Waals surface area contributed by atoms with E-state index in [1.165, 1.54) is 80.4 Å². The maximum Gasteiger partial charge on any atom is 0.350 e. The number of ether oxygens (including phenoxy) is 1. The van der Waals surface area contributed by atoms with Gasteiger partial charge in [0.25, 0.3) is 0 Å². The predicted molar refractivity (Wildman–Crippen MR) is 128 cm³/mol.